The monoisotopic (exact) mass is 220 g/mol. The molecular formula is C9H19NO3P+. The van der Waals surface area contributed by atoms with Gasteiger partial charge in [-0.25, -0.2) is 9.05 Å². The molecule has 0 aliphatic heterocycles. The van der Waals surface area contributed by atoms with E-state index in [4.69, 9.17) is 19.0 Å². The zero-order chi connectivity index (χ0) is 10.6. The summed E-state index contributed by atoms with van der Waals surface area (Å²) in [6.45, 7) is 6.44. The van der Waals surface area contributed by atoms with Crippen molar-refractivity contribution in [3.63, 3.8) is 0 Å². The zero-order valence-corrected chi connectivity index (χ0v) is 9.91. The lowest BCUT2D eigenvalue weighted by Crippen LogP contribution is -2.03. The number of nitrogens with zero attached hydrogens (tertiary/aromatic N) is 1. The van der Waals surface area contributed by atoms with Crippen LogP contribution in [0.3, 0.4) is 0 Å². The molecule has 0 fully saturated rings. The van der Waals surface area contributed by atoms with Gasteiger partial charge in [0.25, 0.3) is 8.38 Å². The Labute approximate surface area is 87.1 Å². The van der Waals surface area contributed by atoms with Crippen LogP contribution in [0.4, 0.5) is 0 Å². The van der Waals surface area contributed by atoms with Gasteiger partial charge < -0.3 is 4.74 Å². The van der Waals surface area contributed by atoms with Gasteiger partial charge in [0, 0.05) is 6.61 Å². The molecule has 0 heterocycles. The van der Waals surface area contributed by atoms with E-state index in [1.54, 1.807) is 0 Å². The summed E-state index contributed by atoms with van der Waals surface area (Å²) in [5, 5.41) is 8.27. The van der Waals surface area contributed by atoms with Crippen LogP contribution in [0.5, 0.6) is 0 Å². The van der Waals surface area contributed by atoms with Crippen LogP contribution in [-0.2, 0) is 13.8 Å². The highest BCUT2D eigenvalue weighted by molar-refractivity contribution is 7.46. The molecule has 82 valence electrons. The summed E-state index contributed by atoms with van der Waals surface area (Å²) in [6, 6.07) is 2.02. The first-order valence-electron chi connectivity index (χ1n) is 4.85. The fourth-order valence-corrected chi connectivity index (χ4v) is 1.62. The van der Waals surface area contributed by atoms with E-state index in [-0.39, 0.29) is 0 Å². The number of nitriles is 1. The second-order valence-corrected chi connectivity index (χ2v) is 4.27. The topological polar surface area (TPSA) is 51.5 Å². The Balaban J connectivity index is 3.10. The lowest BCUT2D eigenvalue weighted by Gasteiger charge is -2.04. The van der Waals surface area contributed by atoms with E-state index in [9.17, 15) is 0 Å². The minimum absolute atomic E-state index is 0.428. The lowest BCUT2D eigenvalue weighted by atomic mass is 10.5. The molecule has 0 bridgehead atoms. The lowest BCUT2D eigenvalue weighted by molar-refractivity contribution is 0.0987. The van der Waals surface area contributed by atoms with Crippen molar-refractivity contribution in [1.29, 1.82) is 5.26 Å². The van der Waals surface area contributed by atoms with Crippen LogP contribution in [0, 0.1) is 11.3 Å². The third-order valence-corrected chi connectivity index (χ3v) is 2.62. The highest BCUT2D eigenvalue weighted by atomic mass is 31.2. The van der Waals surface area contributed by atoms with Crippen molar-refractivity contribution in [3.8, 4) is 6.07 Å². The number of rotatable bonds is 9. The molecule has 0 saturated heterocycles. The molecule has 4 nitrogen and oxygen atoms in total. The summed E-state index contributed by atoms with van der Waals surface area (Å²) in [5.41, 5.74) is 0. The minimum atomic E-state index is -1.18. The van der Waals surface area contributed by atoms with E-state index >= 15 is 0 Å². The molecule has 0 aliphatic carbocycles. The average Bonchev–Trinajstić information content (AvgIpc) is 2.18. The maximum absolute atomic E-state index is 8.27. The van der Waals surface area contributed by atoms with Gasteiger partial charge in [-0.15, -0.1) is 0 Å². The first-order chi connectivity index (χ1) is 6.81. The van der Waals surface area contributed by atoms with Gasteiger partial charge in [0.05, 0.1) is 19.1 Å². The van der Waals surface area contributed by atoms with Crippen molar-refractivity contribution >= 4 is 8.38 Å². The van der Waals surface area contributed by atoms with E-state index in [0.717, 1.165) is 13.0 Å². The van der Waals surface area contributed by atoms with Crippen LogP contribution < -0.4 is 0 Å². The van der Waals surface area contributed by atoms with Crippen LogP contribution in [0.15, 0.2) is 0 Å². The molecule has 0 amide bonds. The summed E-state index contributed by atoms with van der Waals surface area (Å²) < 4.78 is 15.9. The Hall–Kier alpha value is -0.200. The first kappa shape index (κ1) is 13.8. The van der Waals surface area contributed by atoms with E-state index < -0.39 is 8.38 Å². The van der Waals surface area contributed by atoms with Crippen molar-refractivity contribution < 1.29 is 13.8 Å². The second kappa shape index (κ2) is 10.9. The highest BCUT2D eigenvalue weighted by Gasteiger charge is 2.09. The van der Waals surface area contributed by atoms with Crippen molar-refractivity contribution in [2.75, 3.05) is 33.1 Å². The number of hydrogen-bond donors (Lipinski definition) is 0. The molecule has 1 atom stereocenters. The van der Waals surface area contributed by atoms with Gasteiger partial charge >= 0.3 is 0 Å². The standard InChI is InChI=1S/C9H18NO3P/c1-3-6-11-8-9-13-14(2)12-7-4-5-10/h3-4,6-9H2,1-2H3/p+1. The van der Waals surface area contributed by atoms with E-state index in [0.29, 0.717) is 26.2 Å². The maximum Gasteiger partial charge on any atom is 0.260 e. The molecule has 0 rings (SSSR count). The second-order valence-electron chi connectivity index (χ2n) is 2.71. The molecule has 0 aromatic carbocycles. The van der Waals surface area contributed by atoms with Crippen molar-refractivity contribution in [3.05, 3.63) is 0 Å². The third-order valence-electron chi connectivity index (χ3n) is 1.40. The molecule has 0 N–H and O–H groups in total. The predicted octanol–water partition coefficient (Wildman–Crippen LogP) is 2.03. The fourth-order valence-electron chi connectivity index (χ4n) is 0.773. The summed E-state index contributed by atoms with van der Waals surface area (Å²) in [7, 11) is -1.18. The fraction of sp³-hybridized carbons (Fsp3) is 0.889. The van der Waals surface area contributed by atoms with Crippen LogP contribution in [0.2, 0.25) is 0 Å². The normalized spacial score (nSPS) is 12.4. The van der Waals surface area contributed by atoms with Gasteiger partial charge in [0.15, 0.2) is 0 Å². The Morgan fingerprint density at radius 1 is 1.14 bits per heavy atom. The van der Waals surface area contributed by atoms with Gasteiger partial charge in [0.1, 0.15) is 19.9 Å². The minimum Gasteiger partial charge on any atom is -0.379 e. The Kier molecular flexibility index (Phi) is 10.7. The van der Waals surface area contributed by atoms with Gasteiger partial charge in [0.2, 0.25) is 0 Å². The largest absolute Gasteiger partial charge is 0.379 e. The smallest absolute Gasteiger partial charge is 0.260 e. The molecule has 0 radical (unpaired) electrons. The molecule has 0 aromatic rings. The average molecular weight is 220 g/mol. The van der Waals surface area contributed by atoms with Crippen LogP contribution in [0.25, 0.3) is 0 Å². The molecule has 0 aliphatic rings. The highest BCUT2D eigenvalue weighted by Crippen LogP contribution is 2.32. The number of ether oxygens (including phenoxy) is 1. The quantitative estimate of drug-likeness (QED) is 0.440. The number of hydrogen-bond acceptors (Lipinski definition) is 4. The molecule has 1 unspecified atom stereocenters. The molecule has 5 heteroatoms. The summed E-state index contributed by atoms with van der Waals surface area (Å²) in [4.78, 5) is 0. The van der Waals surface area contributed by atoms with E-state index in [2.05, 4.69) is 6.92 Å². The van der Waals surface area contributed by atoms with E-state index in [1.165, 1.54) is 0 Å². The van der Waals surface area contributed by atoms with Crippen molar-refractivity contribution in [2.24, 2.45) is 0 Å². The summed E-state index contributed by atoms with van der Waals surface area (Å²) >= 11 is 0. The first-order valence-corrected chi connectivity index (χ1v) is 6.66. The molecule has 0 saturated carbocycles. The SMILES string of the molecule is CCCOCCO[PH+](C)OCCC#N. The Morgan fingerprint density at radius 2 is 1.86 bits per heavy atom. The summed E-state index contributed by atoms with van der Waals surface area (Å²) in [6.07, 6.45) is 1.46. The third kappa shape index (κ3) is 9.88. The molecule has 0 spiro atoms. The molecule has 14 heavy (non-hydrogen) atoms. The van der Waals surface area contributed by atoms with Crippen LogP contribution in [0.1, 0.15) is 19.8 Å². The van der Waals surface area contributed by atoms with E-state index in [1.807, 2.05) is 12.7 Å². The van der Waals surface area contributed by atoms with Crippen molar-refractivity contribution in [1.82, 2.24) is 0 Å². The van der Waals surface area contributed by atoms with Gasteiger partial charge in [-0.3, -0.25) is 0 Å². The maximum atomic E-state index is 8.27. The molecular weight excluding hydrogens is 201 g/mol. The Bertz CT molecular complexity index is 161. The van der Waals surface area contributed by atoms with Gasteiger partial charge in [-0.2, -0.15) is 5.26 Å². The molecule has 0 aromatic heterocycles. The van der Waals surface area contributed by atoms with Gasteiger partial charge in [-0.05, 0) is 6.42 Å². The summed E-state index contributed by atoms with van der Waals surface area (Å²) in [5.74, 6) is 0. The zero-order valence-electron chi connectivity index (χ0n) is 8.91. The van der Waals surface area contributed by atoms with Crippen molar-refractivity contribution in [2.45, 2.75) is 19.8 Å². The van der Waals surface area contributed by atoms with Crippen LogP contribution in [-0.4, -0.2) is 33.1 Å². The Morgan fingerprint density at radius 3 is 2.50 bits per heavy atom. The van der Waals surface area contributed by atoms with Crippen LogP contribution >= 0.6 is 8.38 Å². The predicted molar refractivity (Wildman–Crippen MR) is 57.5 cm³/mol. The van der Waals surface area contributed by atoms with Gasteiger partial charge in [-0.1, -0.05) is 6.92 Å².